The van der Waals surface area contributed by atoms with Crippen molar-refractivity contribution >= 4 is 52.0 Å². The van der Waals surface area contributed by atoms with E-state index in [2.05, 4.69) is 21.6 Å². The molecule has 1 aromatic heterocycles. The molecular weight excluding hydrogens is 429 g/mol. The molecule has 2 N–H and O–H groups in total. The normalized spacial score (nSPS) is 16.4. The number of carbonyl (C=O) groups excluding carboxylic acids is 2. The second kappa shape index (κ2) is 10.4. The van der Waals surface area contributed by atoms with Gasteiger partial charge < -0.3 is 10.6 Å². The number of anilines is 1. The van der Waals surface area contributed by atoms with Gasteiger partial charge in [-0.25, -0.2) is 0 Å². The first-order valence-electron chi connectivity index (χ1n) is 9.74. The standard InChI is InChI=1S/C21H25Cl2N3O2S/c1-14(20(27)25-19-13-16(22)4-5-18(19)23)26-10-7-15(8-11-26)21(28)24-9-6-17-3-2-12-29-17/h2-5,12-15H,6-11H2,1H3,(H,24,28)(H,25,27). The van der Waals surface area contributed by atoms with Crippen LogP contribution in [0.2, 0.25) is 10.0 Å². The van der Waals surface area contributed by atoms with Crippen LogP contribution in [0.15, 0.2) is 35.7 Å². The SMILES string of the molecule is CC(C(=O)Nc1cc(Cl)ccc1Cl)N1CCC(C(=O)NCCc2cccs2)CC1. The highest BCUT2D eigenvalue weighted by atomic mass is 35.5. The summed E-state index contributed by atoms with van der Waals surface area (Å²) in [6.45, 7) is 3.95. The summed E-state index contributed by atoms with van der Waals surface area (Å²) in [7, 11) is 0. The van der Waals surface area contributed by atoms with E-state index in [9.17, 15) is 9.59 Å². The topological polar surface area (TPSA) is 61.4 Å². The lowest BCUT2D eigenvalue weighted by Gasteiger charge is -2.34. The number of benzene rings is 1. The molecule has 1 aliphatic rings. The highest BCUT2D eigenvalue weighted by Gasteiger charge is 2.29. The summed E-state index contributed by atoms with van der Waals surface area (Å²) in [6, 6.07) is 8.77. The second-order valence-corrected chi connectivity index (χ2v) is 9.10. The summed E-state index contributed by atoms with van der Waals surface area (Å²) < 4.78 is 0. The Morgan fingerprint density at radius 2 is 2.00 bits per heavy atom. The number of carbonyl (C=O) groups is 2. The molecule has 1 unspecified atom stereocenters. The molecule has 1 aromatic carbocycles. The first-order chi connectivity index (χ1) is 13.9. The average molecular weight is 454 g/mol. The van der Waals surface area contributed by atoms with Gasteiger partial charge >= 0.3 is 0 Å². The maximum Gasteiger partial charge on any atom is 0.241 e. The van der Waals surface area contributed by atoms with Crippen molar-refractivity contribution in [3.63, 3.8) is 0 Å². The molecule has 0 bridgehead atoms. The van der Waals surface area contributed by atoms with E-state index in [-0.39, 0.29) is 23.8 Å². The molecule has 1 atom stereocenters. The molecule has 0 aliphatic carbocycles. The molecule has 8 heteroatoms. The largest absolute Gasteiger partial charge is 0.355 e. The van der Waals surface area contributed by atoms with Gasteiger partial charge in [0.2, 0.25) is 11.8 Å². The molecule has 2 aromatic rings. The molecule has 0 spiro atoms. The van der Waals surface area contributed by atoms with Crippen molar-refractivity contribution in [1.82, 2.24) is 10.2 Å². The van der Waals surface area contributed by atoms with Crippen LogP contribution in [0.25, 0.3) is 0 Å². The fourth-order valence-electron chi connectivity index (χ4n) is 3.45. The molecule has 5 nitrogen and oxygen atoms in total. The van der Waals surface area contributed by atoms with E-state index in [1.165, 1.54) is 4.88 Å². The van der Waals surface area contributed by atoms with E-state index in [0.717, 1.165) is 19.3 Å². The van der Waals surface area contributed by atoms with Crippen molar-refractivity contribution in [3.8, 4) is 0 Å². The lowest BCUT2D eigenvalue weighted by molar-refractivity contribution is -0.127. The van der Waals surface area contributed by atoms with E-state index < -0.39 is 0 Å². The Morgan fingerprint density at radius 3 is 2.69 bits per heavy atom. The van der Waals surface area contributed by atoms with Gasteiger partial charge in [-0.3, -0.25) is 14.5 Å². The molecule has 3 rings (SSSR count). The van der Waals surface area contributed by atoms with Gasteiger partial charge in [0.05, 0.1) is 16.8 Å². The van der Waals surface area contributed by atoms with Crippen molar-refractivity contribution in [3.05, 3.63) is 50.6 Å². The molecule has 1 fully saturated rings. The first kappa shape index (κ1) is 22.1. The van der Waals surface area contributed by atoms with Crippen LogP contribution < -0.4 is 10.6 Å². The monoisotopic (exact) mass is 453 g/mol. The third-order valence-electron chi connectivity index (χ3n) is 5.26. The Bertz CT molecular complexity index is 836. The van der Waals surface area contributed by atoms with Crippen molar-refractivity contribution in [1.29, 1.82) is 0 Å². The van der Waals surface area contributed by atoms with Gasteiger partial charge in [0.15, 0.2) is 0 Å². The number of amides is 2. The number of nitrogens with zero attached hydrogens (tertiary/aromatic N) is 1. The van der Waals surface area contributed by atoms with Crippen molar-refractivity contribution in [2.24, 2.45) is 5.92 Å². The Balaban J connectivity index is 1.43. The van der Waals surface area contributed by atoms with E-state index in [1.54, 1.807) is 29.5 Å². The van der Waals surface area contributed by atoms with Gasteiger partial charge in [0.1, 0.15) is 0 Å². The molecule has 2 heterocycles. The second-order valence-electron chi connectivity index (χ2n) is 7.22. The van der Waals surface area contributed by atoms with Crippen LogP contribution in [0.1, 0.15) is 24.6 Å². The van der Waals surface area contributed by atoms with Gasteiger partial charge in [0, 0.05) is 22.4 Å². The zero-order valence-corrected chi connectivity index (χ0v) is 18.6. The number of halogens is 2. The molecular formula is C21H25Cl2N3O2S. The molecule has 2 amide bonds. The highest BCUT2D eigenvalue weighted by Crippen LogP contribution is 2.26. The van der Waals surface area contributed by atoms with Gasteiger partial charge in [0.25, 0.3) is 0 Å². The summed E-state index contributed by atoms with van der Waals surface area (Å²) in [5.41, 5.74) is 0.510. The van der Waals surface area contributed by atoms with E-state index in [1.807, 2.05) is 18.4 Å². The minimum atomic E-state index is -0.312. The lowest BCUT2D eigenvalue weighted by Crippen LogP contribution is -2.48. The molecule has 1 saturated heterocycles. The van der Waals surface area contributed by atoms with Crippen LogP contribution in [0, 0.1) is 5.92 Å². The van der Waals surface area contributed by atoms with E-state index in [4.69, 9.17) is 23.2 Å². The van der Waals surface area contributed by atoms with Crippen LogP contribution in [-0.4, -0.2) is 42.4 Å². The summed E-state index contributed by atoms with van der Waals surface area (Å²) in [5.74, 6) is -0.00995. The van der Waals surface area contributed by atoms with E-state index >= 15 is 0 Å². The maximum atomic E-state index is 12.6. The Morgan fingerprint density at radius 1 is 1.24 bits per heavy atom. The van der Waals surface area contributed by atoms with Crippen LogP contribution in [0.3, 0.4) is 0 Å². The Labute approximate surface area is 185 Å². The van der Waals surface area contributed by atoms with Crippen LogP contribution >= 0.6 is 34.5 Å². The maximum absolute atomic E-state index is 12.6. The number of nitrogens with one attached hydrogen (secondary N) is 2. The minimum absolute atomic E-state index is 0.00669. The van der Waals surface area contributed by atoms with Gasteiger partial charge in [-0.1, -0.05) is 29.3 Å². The van der Waals surface area contributed by atoms with Crippen molar-refractivity contribution in [2.75, 3.05) is 25.0 Å². The summed E-state index contributed by atoms with van der Waals surface area (Å²) >= 11 is 13.8. The van der Waals surface area contributed by atoms with Crippen molar-refractivity contribution in [2.45, 2.75) is 32.2 Å². The first-order valence-corrected chi connectivity index (χ1v) is 11.4. The highest BCUT2D eigenvalue weighted by molar-refractivity contribution is 7.09. The third-order valence-corrected chi connectivity index (χ3v) is 6.77. The average Bonchev–Trinajstić information content (AvgIpc) is 3.23. The number of likely N-dealkylation sites (tertiary alicyclic amines) is 1. The third kappa shape index (κ3) is 6.19. The van der Waals surface area contributed by atoms with Gasteiger partial charge in [-0.05, 0) is 68.9 Å². The number of piperidine rings is 1. The zero-order chi connectivity index (χ0) is 20.8. The fraction of sp³-hybridized carbons (Fsp3) is 0.429. The van der Waals surface area contributed by atoms with Crippen molar-refractivity contribution < 1.29 is 9.59 Å². The minimum Gasteiger partial charge on any atom is -0.355 e. The number of thiophene rings is 1. The Hall–Kier alpha value is -1.60. The summed E-state index contributed by atoms with van der Waals surface area (Å²) in [5, 5.41) is 8.91. The van der Waals surface area contributed by atoms with Gasteiger partial charge in [-0.15, -0.1) is 11.3 Å². The number of rotatable bonds is 7. The predicted octanol–water partition coefficient (Wildman–Crippen LogP) is 4.45. The van der Waals surface area contributed by atoms with Crippen LogP contribution in [0.5, 0.6) is 0 Å². The predicted molar refractivity (Wildman–Crippen MR) is 120 cm³/mol. The number of hydrogen-bond acceptors (Lipinski definition) is 4. The van der Waals surface area contributed by atoms with Crippen LogP contribution in [0.4, 0.5) is 5.69 Å². The number of hydrogen-bond donors (Lipinski definition) is 2. The lowest BCUT2D eigenvalue weighted by atomic mass is 9.95. The quantitative estimate of drug-likeness (QED) is 0.650. The fourth-order valence-corrected chi connectivity index (χ4v) is 4.50. The molecule has 29 heavy (non-hydrogen) atoms. The zero-order valence-electron chi connectivity index (χ0n) is 16.3. The molecule has 0 saturated carbocycles. The van der Waals surface area contributed by atoms with E-state index in [0.29, 0.717) is 35.4 Å². The molecule has 156 valence electrons. The molecule has 0 radical (unpaired) electrons. The van der Waals surface area contributed by atoms with Crippen LogP contribution in [-0.2, 0) is 16.0 Å². The molecule has 1 aliphatic heterocycles. The van der Waals surface area contributed by atoms with Gasteiger partial charge in [-0.2, -0.15) is 0 Å². The Kier molecular flexibility index (Phi) is 7.95. The smallest absolute Gasteiger partial charge is 0.241 e. The summed E-state index contributed by atoms with van der Waals surface area (Å²) in [6.07, 6.45) is 2.37. The summed E-state index contributed by atoms with van der Waals surface area (Å²) in [4.78, 5) is 28.4.